The smallest absolute Gasteiger partial charge is 0.226 e. The maximum Gasteiger partial charge on any atom is 0.226 e. The Morgan fingerprint density at radius 1 is 1.23 bits per heavy atom. The first-order valence-electron chi connectivity index (χ1n) is 10.6. The molecule has 4 heterocycles. The molecule has 2 aliphatic rings. The Labute approximate surface area is 175 Å². The van der Waals surface area contributed by atoms with Crippen LogP contribution < -0.4 is 5.32 Å². The second-order valence-corrected chi connectivity index (χ2v) is 8.09. The molecule has 0 bridgehead atoms. The summed E-state index contributed by atoms with van der Waals surface area (Å²) in [5.41, 5.74) is 2.12. The molecule has 8 heteroatoms. The summed E-state index contributed by atoms with van der Waals surface area (Å²) in [6, 6.07) is 12.2. The lowest BCUT2D eigenvalue weighted by molar-refractivity contribution is -0.127. The normalized spacial score (nSPS) is 23.3. The van der Waals surface area contributed by atoms with Crippen molar-refractivity contribution in [1.82, 2.24) is 29.9 Å². The number of aromatic nitrogens is 5. The number of carbonyl (C=O) groups excluding carboxylic acids is 1. The monoisotopic (exact) mass is 406 g/mol. The van der Waals surface area contributed by atoms with Crippen molar-refractivity contribution < 1.29 is 9.53 Å². The van der Waals surface area contributed by atoms with Gasteiger partial charge in [-0.25, -0.2) is 9.67 Å². The van der Waals surface area contributed by atoms with Gasteiger partial charge in [0.15, 0.2) is 0 Å². The molecule has 5 rings (SSSR count). The van der Waals surface area contributed by atoms with Crippen LogP contribution in [-0.4, -0.2) is 43.1 Å². The number of hydrogen-bond acceptors (Lipinski definition) is 5. The lowest BCUT2D eigenvalue weighted by Crippen LogP contribution is -2.44. The van der Waals surface area contributed by atoms with Gasteiger partial charge in [-0.15, -0.1) is 0 Å². The number of amides is 1. The van der Waals surface area contributed by atoms with Gasteiger partial charge in [0.2, 0.25) is 5.91 Å². The summed E-state index contributed by atoms with van der Waals surface area (Å²) in [5.74, 6) is 1.63. The zero-order valence-corrected chi connectivity index (χ0v) is 17.1. The summed E-state index contributed by atoms with van der Waals surface area (Å²) in [7, 11) is 0. The molecule has 8 nitrogen and oxygen atoms in total. The van der Waals surface area contributed by atoms with Crippen LogP contribution in [0.2, 0.25) is 0 Å². The number of fused-ring (bicyclic) bond motifs is 1. The fourth-order valence-electron chi connectivity index (χ4n) is 4.48. The molecule has 1 aromatic carbocycles. The number of ether oxygens (including phenoxy) is 1. The van der Waals surface area contributed by atoms with Crippen LogP contribution in [0, 0.1) is 12.8 Å². The summed E-state index contributed by atoms with van der Waals surface area (Å²) >= 11 is 0. The van der Waals surface area contributed by atoms with E-state index in [1.54, 1.807) is 6.20 Å². The second-order valence-electron chi connectivity index (χ2n) is 8.09. The minimum atomic E-state index is -0.274. The molecule has 1 N–H and O–H groups in total. The highest BCUT2D eigenvalue weighted by atomic mass is 16.5. The van der Waals surface area contributed by atoms with Gasteiger partial charge in [-0.1, -0.05) is 30.3 Å². The standard InChI is InChI=1S/C22H26N6O2/c1-15-24-20-8-7-17(14-28(20)26-15)25-22(29)18-10-12-30-21(18)19-9-11-23-27(19)13-16-5-3-2-4-6-16/h2-6,9,11,17-18,21H,7-8,10,12-14H2,1H3,(H,25,29)/t17?,18-,21-/m0/s1. The van der Waals surface area contributed by atoms with Crippen molar-refractivity contribution in [1.29, 1.82) is 0 Å². The van der Waals surface area contributed by atoms with Gasteiger partial charge >= 0.3 is 0 Å². The van der Waals surface area contributed by atoms with E-state index < -0.39 is 0 Å². The Morgan fingerprint density at radius 3 is 2.97 bits per heavy atom. The average Bonchev–Trinajstić information content (AvgIpc) is 3.46. The third-order valence-electron chi connectivity index (χ3n) is 5.95. The fourth-order valence-corrected chi connectivity index (χ4v) is 4.48. The summed E-state index contributed by atoms with van der Waals surface area (Å²) < 4.78 is 9.87. The topological polar surface area (TPSA) is 86.9 Å². The zero-order chi connectivity index (χ0) is 20.5. The van der Waals surface area contributed by atoms with Crippen LogP contribution in [0.25, 0.3) is 0 Å². The Bertz CT molecular complexity index is 1030. The molecule has 0 radical (unpaired) electrons. The van der Waals surface area contributed by atoms with E-state index in [1.165, 1.54) is 5.56 Å². The van der Waals surface area contributed by atoms with Crippen LogP contribution in [0.1, 0.15) is 41.9 Å². The van der Waals surface area contributed by atoms with E-state index in [1.807, 2.05) is 40.6 Å². The van der Waals surface area contributed by atoms with Crippen LogP contribution in [0.5, 0.6) is 0 Å². The first-order chi connectivity index (χ1) is 14.7. The van der Waals surface area contributed by atoms with Gasteiger partial charge < -0.3 is 10.1 Å². The minimum absolute atomic E-state index is 0.0512. The third-order valence-corrected chi connectivity index (χ3v) is 5.95. The molecule has 156 valence electrons. The van der Waals surface area contributed by atoms with Crippen molar-refractivity contribution >= 4 is 5.91 Å². The first-order valence-corrected chi connectivity index (χ1v) is 10.6. The van der Waals surface area contributed by atoms with Crippen molar-refractivity contribution in [2.75, 3.05) is 6.61 Å². The third kappa shape index (κ3) is 3.75. The van der Waals surface area contributed by atoms with E-state index >= 15 is 0 Å². The number of rotatable bonds is 5. The second kappa shape index (κ2) is 8.02. The molecule has 1 fully saturated rings. The maximum absolute atomic E-state index is 13.1. The number of nitrogens with one attached hydrogen (secondary N) is 1. The van der Waals surface area contributed by atoms with Gasteiger partial charge in [0.25, 0.3) is 0 Å². The summed E-state index contributed by atoms with van der Waals surface area (Å²) in [5, 5.41) is 12.1. The van der Waals surface area contributed by atoms with Crippen LogP contribution in [0.4, 0.5) is 0 Å². The average molecular weight is 406 g/mol. The van der Waals surface area contributed by atoms with Crippen molar-refractivity contribution in [2.24, 2.45) is 5.92 Å². The van der Waals surface area contributed by atoms with E-state index in [0.717, 1.165) is 30.2 Å². The summed E-state index contributed by atoms with van der Waals surface area (Å²) in [4.78, 5) is 17.6. The molecule has 3 aromatic rings. The van der Waals surface area contributed by atoms with Crippen LogP contribution in [0.15, 0.2) is 42.6 Å². The van der Waals surface area contributed by atoms with E-state index in [2.05, 4.69) is 32.6 Å². The molecule has 1 saturated heterocycles. The zero-order valence-electron chi connectivity index (χ0n) is 17.1. The maximum atomic E-state index is 13.1. The van der Waals surface area contributed by atoms with Crippen molar-refractivity contribution in [3.63, 3.8) is 0 Å². The molecule has 0 saturated carbocycles. The Balaban J connectivity index is 1.28. The van der Waals surface area contributed by atoms with Crippen LogP contribution in [-0.2, 0) is 29.0 Å². The van der Waals surface area contributed by atoms with Gasteiger partial charge in [0, 0.05) is 25.3 Å². The van der Waals surface area contributed by atoms with Crippen molar-refractivity contribution in [2.45, 2.75) is 51.4 Å². The highest BCUT2D eigenvalue weighted by molar-refractivity contribution is 5.80. The van der Waals surface area contributed by atoms with E-state index in [-0.39, 0.29) is 24.0 Å². The predicted octanol–water partition coefficient (Wildman–Crippen LogP) is 2.04. The van der Waals surface area contributed by atoms with Crippen LogP contribution >= 0.6 is 0 Å². The Morgan fingerprint density at radius 2 is 2.10 bits per heavy atom. The van der Waals surface area contributed by atoms with E-state index in [0.29, 0.717) is 26.1 Å². The molecule has 3 atom stereocenters. The lowest BCUT2D eigenvalue weighted by Gasteiger charge is -2.26. The number of aryl methyl sites for hydroxylation is 2. The highest BCUT2D eigenvalue weighted by Crippen LogP contribution is 2.35. The summed E-state index contributed by atoms with van der Waals surface area (Å²) in [6.45, 7) is 3.81. The highest BCUT2D eigenvalue weighted by Gasteiger charge is 2.38. The SMILES string of the molecule is Cc1nc2n(n1)CC(NC(=O)[C@H]1CCO[C@@H]1c1ccnn1Cc1ccccc1)CC2. The van der Waals surface area contributed by atoms with Crippen molar-refractivity contribution in [3.8, 4) is 0 Å². The summed E-state index contributed by atoms with van der Waals surface area (Å²) in [6.07, 6.45) is 3.94. The Kier molecular flexibility index (Phi) is 5.08. The van der Waals surface area contributed by atoms with Gasteiger partial charge in [0.1, 0.15) is 17.8 Å². The molecule has 1 amide bonds. The van der Waals surface area contributed by atoms with E-state index in [4.69, 9.17) is 4.74 Å². The van der Waals surface area contributed by atoms with Gasteiger partial charge in [-0.3, -0.25) is 9.48 Å². The number of hydrogen-bond donors (Lipinski definition) is 1. The quantitative estimate of drug-likeness (QED) is 0.701. The molecular formula is C22H26N6O2. The predicted molar refractivity (Wildman–Crippen MR) is 110 cm³/mol. The lowest BCUT2D eigenvalue weighted by atomic mass is 9.96. The number of benzene rings is 1. The van der Waals surface area contributed by atoms with Crippen LogP contribution in [0.3, 0.4) is 0 Å². The van der Waals surface area contributed by atoms with Crippen molar-refractivity contribution in [3.05, 3.63) is 65.5 Å². The number of carbonyl (C=O) groups is 1. The fraction of sp³-hybridized carbons (Fsp3) is 0.455. The molecule has 2 aliphatic heterocycles. The minimum Gasteiger partial charge on any atom is -0.371 e. The molecule has 0 aliphatic carbocycles. The molecule has 1 unspecified atom stereocenters. The molecule has 2 aromatic heterocycles. The Hall–Kier alpha value is -3.00. The molecule has 0 spiro atoms. The van der Waals surface area contributed by atoms with Gasteiger partial charge in [-0.05, 0) is 31.4 Å². The van der Waals surface area contributed by atoms with Gasteiger partial charge in [0.05, 0.1) is 24.7 Å². The number of nitrogens with zero attached hydrogens (tertiary/aromatic N) is 5. The first kappa shape index (κ1) is 19.0. The van der Waals surface area contributed by atoms with Gasteiger partial charge in [-0.2, -0.15) is 10.2 Å². The van der Waals surface area contributed by atoms with E-state index in [9.17, 15) is 4.79 Å². The largest absolute Gasteiger partial charge is 0.371 e. The molecular weight excluding hydrogens is 380 g/mol. The molecule has 30 heavy (non-hydrogen) atoms.